The number of nitrogens with zero attached hydrogens (tertiary/aromatic N) is 4. The number of benzene rings is 1. The number of amides is 3. The molecule has 1 fully saturated rings. The average molecular weight is 696 g/mol. The van der Waals surface area contributed by atoms with Crippen molar-refractivity contribution in [1.29, 1.82) is 0 Å². The number of carboxylic acid groups (broad SMARTS) is 1. The van der Waals surface area contributed by atoms with E-state index >= 15 is 0 Å². The van der Waals surface area contributed by atoms with Crippen LogP contribution < -0.4 is 5.32 Å². The minimum atomic E-state index is -1.34. The Hall–Kier alpha value is -4.00. The number of hydrogen-bond acceptors (Lipinski definition) is 6. The summed E-state index contributed by atoms with van der Waals surface area (Å²) in [5, 5.41) is 13.2. The zero-order valence-corrected chi connectivity index (χ0v) is 30.3. The molecule has 1 unspecified atom stereocenters. The second-order valence-electron chi connectivity index (χ2n) is 14.3. The molecule has 3 aromatic rings. The van der Waals surface area contributed by atoms with Crippen LogP contribution in [0, 0.1) is 0 Å². The van der Waals surface area contributed by atoms with Crippen LogP contribution in [-0.2, 0) is 29.4 Å². The van der Waals surface area contributed by atoms with Gasteiger partial charge >= 0.3 is 6.09 Å². The van der Waals surface area contributed by atoms with Crippen molar-refractivity contribution in [1.82, 2.24) is 24.7 Å². The third kappa shape index (κ3) is 9.54. The Morgan fingerprint density at radius 2 is 1.77 bits per heavy atom. The number of aromatic nitrogens is 2. The highest BCUT2D eigenvalue weighted by atomic mass is 35.5. The summed E-state index contributed by atoms with van der Waals surface area (Å²) in [6.45, 7) is 13.5. The smallest absolute Gasteiger partial charge is 0.408 e. The maximum atomic E-state index is 14.1. The third-order valence-corrected chi connectivity index (χ3v) is 10.3. The number of likely N-dealkylation sites (tertiary alicyclic amines) is 1. The highest BCUT2D eigenvalue weighted by molar-refractivity contribution is 6.76. The monoisotopic (exact) mass is 695 g/mol. The largest absolute Gasteiger partial charge is 0.465 e. The molecule has 1 aromatic carbocycles. The summed E-state index contributed by atoms with van der Waals surface area (Å²) in [4.78, 5) is 59.9. The highest BCUT2D eigenvalue weighted by Crippen LogP contribution is 2.25. The molecular weight excluding hydrogens is 650 g/mol. The Labute approximate surface area is 288 Å². The number of ether oxygens (including phenoxy) is 1. The molecule has 11 nitrogen and oxygen atoms in total. The van der Waals surface area contributed by atoms with Crippen LogP contribution in [0.1, 0.15) is 71.1 Å². The lowest BCUT2D eigenvalue weighted by Gasteiger charge is -2.33. The first-order valence-corrected chi connectivity index (χ1v) is 20.2. The van der Waals surface area contributed by atoms with Gasteiger partial charge in [-0.3, -0.25) is 24.3 Å². The molecule has 1 saturated heterocycles. The number of ketones is 1. The zero-order chi connectivity index (χ0) is 35.2. The fraction of sp³-hybridized carbons (Fsp3) is 0.457. The summed E-state index contributed by atoms with van der Waals surface area (Å²) in [6, 6.07) is 10.2. The van der Waals surface area contributed by atoms with Gasteiger partial charge in [0.05, 0.1) is 0 Å². The second-order valence-corrected chi connectivity index (χ2v) is 20.4. The number of rotatable bonds is 13. The average Bonchev–Trinajstić information content (AvgIpc) is 3.68. The highest BCUT2D eigenvalue weighted by Gasteiger charge is 2.36. The van der Waals surface area contributed by atoms with Crippen LogP contribution in [0.5, 0.6) is 0 Å². The quantitative estimate of drug-likeness (QED) is 0.122. The van der Waals surface area contributed by atoms with Crippen LogP contribution in [0.4, 0.5) is 4.79 Å². The van der Waals surface area contributed by atoms with Crippen molar-refractivity contribution in [3.63, 3.8) is 0 Å². The van der Waals surface area contributed by atoms with Gasteiger partial charge in [-0.1, -0.05) is 37.3 Å². The van der Waals surface area contributed by atoms with Gasteiger partial charge in [0.1, 0.15) is 18.5 Å². The van der Waals surface area contributed by atoms with Crippen LogP contribution in [-0.4, -0.2) is 81.0 Å². The summed E-state index contributed by atoms with van der Waals surface area (Å²) in [5.41, 5.74) is 1.83. The fourth-order valence-corrected chi connectivity index (χ4v) is 6.49. The standard InChI is InChI=1S/C35H46ClN5O6Si/c1-35(2,3)41(34(45)46)22-25-9-10-28(36)18-26(25)20-38-32(43)29-8-7-15-40(29)33(44)30-19-27(31(42)24-11-13-37-14-12-24)21-39(30)23-47-16-17-48(4,5)6/h9-14,18-19,21,29H,7-8,15-17,20,22-23H2,1-6H3,(H,38,43)(H,45,46). The van der Waals surface area contributed by atoms with E-state index in [2.05, 4.69) is 29.9 Å². The Bertz CT molecular complexity index is 1630. The molecule has 0 aliphatic carbocycles. The van der Waals surface area contributed by atoms with Gasteiger partial charge in [-0.05, 0) is 81.1 Å². The maximum Gasteiger partial charge on any atom is 0.408 e. The van der Waals surface area contributed by atoms with Gasteiger partial charge in [-0.15, -0.1) is 0 Å². The first kappa shape index (κ1) is 36.8. The summed E-state index contributed by atoms with van der Waals surface area (Å²) in [5.74, 6) is -0.926. The molecule has 48 heavy (non-hydrogen) atoms. The Morgan fingerprint density at radius 3 is 2.42 bits per heavy atom. The van der Waals surface area contributed by atoms with E-state index in [1.807, 2.05) is 20.8 Å². The molecule has 2 N–H and O–H groups in total. The van der Waals surface area contributed by atoms with Crippen molar-refractivity contribution in [2.45, 2.75) is 90.7 Å². The number of hydrogen-bond donors (Lipinski definition) is 2. The molecule has 2 aromatic heterocycles. The number of nitrogens with one attached hydrogen (secondary N) is 1. The second kappa shape index (κ2) is 15.5. The Balaban J connectivity index is 1.53. The SMILES string of the molecule is CC(C)(C)N(Cc1ccc(Cl)cc1CNC(=O)C1CCCN1C(=O)c1cc(C(=O)c2ccncc2)cn1COCC[Si](C)(C)C)C(=O)O. The summed E-state index contributed by atoms with van der Waals surface area (Å²) < 4.78 is 7.62. The van der Waals surface area contributed by atoms with Gasteiger partial charge in [-0.2, -0.15) is 0 Å². The predicted molar refractivity (Wildman–Crippen MR) is 187 cm³/mol. The number of pyridine rings is 1. The lowest BCUT2D eigenvalue weighted by Crippen LogP contribution is -2.46. The van der Waals surface area contributed by atoms with Crippen LogP contribution in [0.15, 0.2) is 55.0 Å². The fourth-order valence-electron chi connectivity index (χ4n) is 5.54. The molecule has 3 heterocycles. The van der Waals surface area contributed by atoms with E-state index in [0.29, 0.717) is 47.7 Å². The van der Waals surface area contributed by atoms with Gasteiger partial charge in [0.15, 0.2) is 5.78 Å². The molecule has 0 radical (unpaired) electrons. The van der Waals surface area contributed by atoms with Crippen LogP contribution in [0.2, 0.25) is 30.7 Å². The van der Waals surface area contributed by atoms with E-state index in [9.17, 15) is 24.3 Å². The molecule has 4 rings (SSSR count). The van der Waals surface area contributed by atoms with E-state index < -0.39 is 25.7 Å². The summed E-state index contributed by atoms with van der Waals surface area (Å²) in [7, 11) is -1.34. The van der Waals surface area contributed by atoms with Gasteiger partial charge < -0.3 is 24.6 Å². The van der Waals surface area contributed by atoms with E-state index in [4.69, 9.17) is 16.3 Å². The van der Waals surface area contributed by atoms with E-state index in [1.54, 1.807) is 64.5 Å². The molecule has 1 aliphatic heterocycles. The zero-order valence-electron chi connectivity index (χ0n) is 28.6. The van der Waals surface area contributed by atoms with Crippen molar-refractivity contribution in [2.75, 3.05) is 13.2 Å². The Kier molecular flexibility index (Phi) is 11.9. The molecule has 13 heteroatoms. The first-order chi connectivity index (χ1) is 22.5. The number of carbonyl (C=O) groups is 4. The molecule has 1 atom stereocenters. The molecule has 258 valence electrons. The normalized spacial score (nSPS) is 15.0. The van der Waals surface area contributed by atoms with Crippen molar-refractivity contribution in [3.05, 3.63) is 88.0 Å². The van der Waals surface area contributed by atoms with Gasteiger partial charge in [-0.25, -0.2) is 4.79 Å². The van der Waals surface area contributed by atoms with Gasteiger partial charge in [0, 0.05) is 74.6 Å². The van der Waals surface area contributed by atoms with E-state index in [0.717, 1.165) is 11.6 Å². The lowest BCUT2D eigenvalue weighted by molar-refractivity contribution is -0.125. The predicted octanol–water partition coefficient (Wildman–Crippen LogP) is 6.28. The summed E-state index contributed by atoms with van der Waals surface area (Å²) in [6.07, 6.45) is 4.79. The topological polar surface area (TPSA) is 134 Å². The Morgan fingerprint density at radius 1 is 1.06 bits per heavy atom. The van der Waals surface area contributed by atoms with Crippen molar-refractivity contribution in [2.24, 2.45) is 0 Å². The maximum absolute atomic E-state index is 14.1. The lowest BCUT2D eigenvalue weighted by atomic mass is 10.0. The molecule has 3 amide bonds. The third-order valence-electron chi connectivity index (χ3n) is 8.35. The summed E-state index contributed by atoms with van der Waals surface area (Å²) >= 11 is 6.29. The van der Waals surface area contributed by atoms with E-state index in [-0.39, 0.29) is 43.1 Å². The molecular formula is C35H46ClN5O6Si. The molecule has 0 bridgehead atoms. The number of carbonyl (C=O) groups excluding carboxylic acids is 3. The van der Waals surface area contributed by atoms with Crippen LogP contribution in [0.25, 0.3) is 0 Å². The van der Waals surface area contributed by atoms with Crippen molar-refractivity contribution >= 4 is 43.4 Å². The van der Waals surface area contributed by atoms with Gasteiger partial charge in [0.25, 0.3) is 5.91 Å². The first-order valence-electron chi connectivity index (χ1n) is 16.1. The molecule has 0 spiro atoms. The van der Waals surface area contributed by atoms with E-state index in [1.165, 1.54) is 4.90 Å². The van der Waals surface area contributed by atoms with Crippen molar-refractivity contribution < 1.29 is 29.0 Å². The van der Waals surface area contributed by atoms with Crippen LogP contribution in [0.3, 0.4) is 0 Å². The molecule has 0 saturated carbocycles. The number of halogens is 1. The molecule has 1 aliphatic rings. The van der Waals surface area contributed by atoms with Crippen LogP contribution >= 0.6 is 11.6 Å². The van der Waals surface area contributed by atoms with Gasteiger partial charge in [0.2, 0.25) is 5.91 Å². The minimum Gasteiger partial charge on any atom is -0.465 e. The minimum absolute atomic E-state index is 0.0966. The van der Waals surface area contributed by atoms with Crippen molar-refractivity contribution in [3.8, 4) is 0 Å².